The average Bonchev–Trinajstić information content (AvgIpc) is 2.57. The van der Waals surface area contributed by atoms with E-state index >= 15 is 0 Å². The van der Waals surface area contributed by atoms with Gasteiger partial charge >= 0.3 is 6.09 Å². The van der Waals surface area contributed by atoms with Crippen LogP contribution in [0.5, 0.6) is 5.75 Å². The molecule has 0 radical (unpaired) electrons. The molecule has 2 aromatic rings. The van der Waals surface area contributed by atoms with Crippen molar-refractivity contribution < 1.29 is 14.3 Å². The molecule has 1 aliphatic carbocycles. The van der Waals surface area contributed by atoms with Crippen LogP contribution in [-0.2, 0) is 11.2 Å². The molecule has 0 saturated carbocycles. The van der Waals surface area contributed by atoms with Crippen LogP contribution in [0, 0.1) is 5.41 Å². The number of fused-ring (bicyclic) bond motifs is 1. The average molecular weight is 325 g/mol. The van der Waals surface area contributed by atoms with Crippen molar-refractivity contribution in [2.24, 2.45) is 11.1 Å². The first-order valence-corrected chi connectivity index (χ1v) is 8.14. The van der Waals surface area contributed by atoms with E-state index in [0.717, 1.165) is 35.3 Å². The molecule has 0 bridgehead atoms. The van der Waals surface area contributed by atoms with Gasteiger partial charge in [-0.1, -0.05) is 44.2 Å². The van der Waals surface area contributed by atoms with E-state index in [0.29, 0.717) is 0 Å². The second kappa shape index (κ2) is 6.19. The number of nitrogens with two attached hydrogens (primary N) is 1. The van der Waals surface area contributed by atoms with Crippen LogP contribution in [0.4, 0.5) is 4.79 Å². The van der Waals surface area contributed by atoms with Crippen LogP contribution in [0.3, 0.4) is 0 Å². The molecular weight excluding hydrogens is 302 g/mol. The SMILES string of the molecule is COc1cccc(-c2ccc3c(c2)CCC(C)(C)C3OC(N)=O)c1. The van der Waals surface area contributed by atoms with Crippen LogP contribution in [0.2, 0.25) is 0 Å². The Bertz CT molecular complexity index is 767. The summed E-state index contributed by atoms with van der Waals surface area (Å²) in [5.41, 5.74) is 9.65. The number of carbonyl (C=O) groups excluding carboxylic acids is 1. The van der Waals surface area contributed by atoms with Crippen molar-refractivity contribution in [1.82, 2.24) is 0 Å². The number of amides is 1. The number of ether oxygens (including phenoxy) is 2. The lowest BCUT2D eigenvalue weighted by Crippen LogP contribution is -2.33. The zero-order valence-electron chi connectivity index (χ0n) is 14.3. The van der Waals surface area contributed by atoms with Gasteiger partial charge in [0.15, 0.2) is 0 Å². The van der Waals surface area contributed by atoms with Gasteiger partial charge in [-0.2, -0.15) is 0 Å². The van der Waals surface area contributed by atoms with Crippen molar-refractivity contribution in [3.63, 3.8) is 0 Å². The summed E-state index contributed by atoms with van der Waals surface area (Å²) in [6, 6.07) is 14.3. The van der Waals surface area contributed by atoms with Gasteiger partial charge in [0.25, 0.3) is 0 Å². The number of hydrogen-bond acceptors (Lipinski definition) is 3. The molecule has 0 saturated heterocycles. The van der Waals surface area contributed by atoms with E-state index in [9.17, 15) is 4.79 Å². The molecule has 126 valence electrons. The van der Waals surface area contributed by atoms with Gasteiger partial charge in [0.1, 0.15) is 11.9 Å². The lowest BCUT2D eigenvalue weighted by Gasteiger charge is -2.39. The van der Waals surface area contributed by atoms with E-state index < -0.39 is 6.09 Å². The Kier molecular flexibility index (Phi) is 4.22. The third kappa shape index (κ3) is 3.09. The van der Waals surface area contributed by atoms with Crippen LogP contribution < -0.4 is 10.5 Å². The molecule has 1 unspecified atom stereocenters. The van der Waals surface area contributed by atoms with E-state index in [2.05, 4.69) is 38.1 Å². The molecule has 0 aromatic heterocycles. The van der Waals surface area contributed by atoms with Crippen LogP contribution >= 0.6 is 0 Å². The van der Waals surface area contributed by atoms with Gasteiger partial charge in [0, 0.05) is 5.41 Å². The van der Waals surface area contributed by atoms with Gasteiger partial charge in [0.05, 0.1) is 7.11 Å². The third-order valence-electron chi connectivity index (χ3n) is 4.81. The smallest absolute Gasteiger partial charge is 0.405 e. The predicted octanol–water partition coefficient (Wildman–Crippen LogP) is 4.47. The second-order valence-electron chi connectivity index (χ2n) is 6.95. The normalized spacial score (nSPS) is 18.5. The first-order chi connectivity index (χ1) is 11.4. The summed E-state index contributed by atoms with van der Waals surface area (Å²) in [6.07, 6.45) is 0.869. The van der Waals surface area contributed by atoms with Crippen molar-refractivity contribution in [2.75, 3.05) is 7.11 Å². The van der Waals surface area contributed by atoms with E-state index in [-0.39, 0.29) is 11.5 Å². The van der Waals surface area contributed by atoms with Crippen LogP contribution in [0.1, 0.15) is 37.5 Å². The molecule has 0 heterocycles. The molecule has 2 aromatic carbocycles. The maximum atomic E-state index is 11.3. The quantitative estimate of drug-likeness (QED) is 0.905. The number of methoxy groups -OCH3 is 1. The van der Waals surface area contributed by atoms with Gasteiger partial charge in [-0.3, -0.25) is 0 Å². The summed E-state index contributed by atoms with van der Waals surface area (Å²) in [5.74, 6) is 0.835. The number of carbonyl (C=O) groups is 1. The fourth-order valence-electron chi connectivity index (χ4n) is 3.41. The van der Waals surface area contributed by atoms with Crippen molar-refractivity contribution in [3.8, 4) is 16.9 Å². The number of primary amides is 1. The summed E-state index contributed by atoms with van der Waals surface area (Å²) in [7, 11) is 1.67. The van der Waals surface area contributed by atoms with Gasteiger partial charge in [0.2, 0.25) is 0 Å². The van der Waals surface area contributed by atoms with Crippen LogP contribution in [0.15, 0.2) is 42.5 Å². The Morgan fingerprint density at radius 1 is 1.17 bits per heavy atom. The molecule has 0 fully saturated rings. The maximum absolute atomic E-state index is 11.3. The molecule has 0 aliphatic heterocycles. The minimum atomic E-state index is -0.724. The van der Waals surface area contributed by atoms with Gasteiger partial charge < -0.3 is 15.2 Å². The maximum Gasteiger partial charge on any atom is 0.405 e. The number of aryl methyl sites for hydroxylation is 1. The lowest BCUT2D eigenvalue weighted by atomic mass is 9.71. The Balaban J connectivity index is 2.00. The molecule has 4 nitrogen and oxygen atoms in total. The number of benzene rings is 2. The van der Waals surface area contributed by atoms with Gasteiger partial charge in [-0.15, -0.1) is 0 Å². The Labute approximate surface area is 142 Å². The highest BCUT2D eigenvalue weighted by Gasteiger charge is 2.38. The Hall–Kier alpha value is -2.49. The van der Waals surface area contributed by atoms with Crippen molar-refractivity contribution in [2.45, 2.75) is 32.8 Å². The molecule has 3 rings (SSSR count). The van der Waals surface area contributed by atoms with Crippen LogP contribution in [0.25, 0.3) is 11.1 Å². The molecular formula is C20H23NO3. The summed E-state index contributed by atoms with van der Waals surface area (Å²) < 4.78 is 10.7. The fourth-order valence-corrected chi connectivity index (χ4v) is 3.41. The zero-order chi connectivity index (χ0) is 17.3. The minimum absolute atomic E-state index is 0.125. The third-order valence-corrected chi connectivity index (χ3v) is 4.81. The molecule has 0 spiro atoms. The fraction of sp³-hybridized carbons (Fsp3) is 0.350. The number of rotatable bonds is 3. The minimum Gasteiger partial charge on any atom is -0.497 e. The standard InChI is InChI=1S/C20H23NO3/c1-20(2)10-9-15-11-14(13-5-4-6-16(12-13)23-3)7-8-17(15)18(20)24-19(21)22/h4-8,11-12,18H,9-10H2,1-3H3,(H2,21,22). The van der Waals surface area contributed by atoms with Gasteiger partial charge in [-0.05, 0) is 47.2 Å². The summed E-state index contributed by atoms with van der Waals surface area (Å²) >= 11 is 0. The summed E-state index contributed by atoms with van der Waals surface area (Å²) in [4.78, 5) is 11.3. The number of hydrogen-bond donors (Lipinski definition) is 1. The lowest BCUT2D eigenvalue weighted by molar-refractivity contribution is 0.0147. The van der Waals surface area contributed by atoms with Crippen molar-refractivity contribution >= 4 is 6.09 Å². The van der Waals surface area contributed by atoms with Gasteiger partial charge in [-0.25, -0.2) is 4.79 Å². The van der Waals surface area contributed by atoms with Crippen molar-refractivity contribution in [3.05, 3.63) is 53.6 Å². The van der Waals surface area contributed by atoms with E-state index in [1.165, 1.54) is 5.56 Å². The molecule has 2 N–H and O–H groups in total. The molecule has 1 amide bonds. The highest BCUT2D eigenvalue weighted by molar-refractivity contribution is 5.68. The Morgan fingerprint density at radius 3 is 2.62 bits per heavy atom. The summed E-state index contributed by atoms with van der Waals surface area (Å²) in [5, 5.41) is 0. The van der Waals surface area contributed by atoms with Crippen LogP contribution in [-0.4, -0.2) is 13.2 Å². The molecule has 1 atom stereocenters. The van der Waals surface area contributed by atoms with E-state index in [1.54, 1.807) is 7.11 Å². The summed E-state index contributed by atoms with van der Waals surface area (Å²) in [6.45, 7) is 4.22. The Morgan fingerprint density at radius 2 is 1.92 bits per heavy atom. The zero-order valence-corrected chi connectivity index (χ0v) is 14.3. The highest BCUT2D eigenvalue weighted by Crippen LogP contribution is 2.46. The largest absolute Gasteiger partial charge is 0.497 e. The molecule has 1 aliphatic rings. The molecule has 4 heteroatoms. The monoisotopic (exact) mass is 325 g/mol. The first kappa shape index (κ1) is 16.4. The molecule has 24 heavy (non-hydrogen) atoms. The van der Waals surface area contributed by atoms with Crippen molar-refractivity contribution in [1.29, 1.82) is 0 Å². The van der Waals surface area contributed by atoms with E-state index in [4.69, 9.17) is 15.2 Å². The highest BCUT2D eigenvalue weighted by atomic mass is 16.6. The second-order valence-corrected chi connectivity index (χ2v) is 6.95. The van der Waals surface area contributed by atoms with E-state index in [1.807, 2.05) is 18.2 Å². The topological polar surface area (TPSA) is 61.6 Å². The predicted molar refractivity (Wildman–Crippen MR) is 93.9 cm³/mol. The first-order valence-electron chi connectivity index (χ1n) is 8.14.